The third-order valence-electron chi connectivity index (χ3n) is 4.31. The van der Waals surface area contributed by atoms with Crippen molar-refractivity contribution >= 4 is 21.9 Å². The highest BCUT2D eigenvalue weighted by Gasteiger charge is 2.40. The van der Waals surface area contributed by atoms with Crippen LogP contribution in [0.1, 0.15) is 38.2 Å². The van der Waals surface area contributed by atoms with Crippen LogP contribution in [0.3, 0.4) is 0 Å². The predicted octanol–water partition coefficient (Wildman–Crippen LogP) is 3.92. The van der Waals surface area contributed by atoms with Gasteiger partial charge >= 0.3 is 5.97 Å². The number of likely N-dealkylation sites (tertiary alicyclic amines) is 1. The zero-order valence-corrected chi connectivity index (χ0v) is 13.5. The number of aliphatic carboxylic acids is 1. The van der Waals surface area contributed by atoms with Crippen molar-refractivity contribution in [2.24, 2.45) is 5.41 Å². The van der Waals surface area contributed by atoms with Gasteiger partial charge in [0.2, 0.25) is 0 Å². The molecule has 0 bridgehead atoms. The molecule has 1 aromatic rings. The van der Waals surface area contributed by atoms with E-state index < -0.39 is 11.4 Å². The molecule has 0 unspecified atom stereocenters. The number of carboxylic acid groups (broad SMARTS) is 1. The lowest BCUT2D eigenvalue weighted by Gasteiger charge is -2.38. The lowest BCUT2D eigenvalue weighted by Crippen LogP contribution is -2.44. The van der Waals surface area contributed by atoms with Crippen LogP contribution in [0.2, 0.25) is 0 Å². The van der Waals surface area contributed by atoms with Gasteiger partial charge in [0.05, 0.1) is 5.41 Å². The van der Waals surface area contributed by atoms with Crippen LogP contribution in [0, 0.1) is 5.41 Å². The van der Waals surface area contributed by atoms with E-state index in [4.69, 9.17) is 0 Å². The van der Waals surface area contributed by atoms with Crippen molar-refractivity contribution in [3.05, 3.63) is 34.3 Å². The molecule has 1 aromatic carbocycles. The Labute approximate surface area is 129 Å². The molecule has 3 nitrogen and oxygen atoms in total. The predicted molar refractivity (Wildman–Crippen MR) is 83.6 cm³/mol. The zero-order chi connectivity index (χ0) is 14.6. The third kappa shape index (κ3) is 3.61. The summed E-state index contributed by atoms with van der Waals surface area (Å²) >= 11 is 3.44. The molecule has 4 heteroatoms. The topological polar surface area (TPSA) is 40.5 Å². The summed E-state index contributed by atoms with van der Waals surface area (Å²) in [5.74, 6) is -0.609. The summed E-state index contributed by atoms with van der Waals surface area (Å²) in [6, 6.07) is 8.35. The summed E-state index contributed by atoms with van der Waals surface area (Å²) in [5.41, 5.74) is 0.803. The van der Waals surface area contributed by atoms with Gasteiger partial charge in [-0.25, -0.2) is 0 Å². The fourth-order valence-corrected chi connectivity index (χ4v) is 3.30. The SMILES string of the molecule is CCCC1(C(=O)O)CCN(Cc2ccc(Br)cc2)CC1. The fraction of sp³-hybridized carbons (Fsp3) is 0.562. The Morgan fingerprint density at radius 3 is 2.40 bits per heavy atom. The highest BCUT2D eigenvalue weighted by atomic mass is 79.9. The smallest absolute Gasteiger partial charge is 0.309 e. The second-order valence-corrected chi connectivity index (χ2v) is 6.65. The number of halogens is 1. The van der Waals surface area contributed by atoms with Gasteiger partial charge in [-0.05, 0) is 50.0 Å². The Kier molecular flexibility index (Phi) is 5.22. The van der Waals surface area contributed by atoms with Crippen molar-refractivity contribution in [1.29, 1.82) is 0 Å². The number of carboxylic acids is 1. The molecule has 0 aliphatic carbocycles. The quantitative estimate of drug-likeness (QED) is 0.883. The first kappa shape index (κ1) is 15.5. The Morgan fingerprint density at radius 1 is 1.30 bits per heavy atom. The van der Waals surface area contributed by atoms with Crippen LogP contribution >= 0.6 is 15.9 Å². The number of carbonyl (C=O) groups is 1. The minimum absolute atomic E-state index is 0.481. The molecule has 0 spiro atoms. The van der Waals surface area contributed by atoms with Gasteiger partial charge in [-0.2, -0.15) is 0 Å². The van der Waals surface area contributed by atoms with Gasteiger partial charge in [-0.3, -0.25) is 9.69 Å². The van der Waals surface area contributed by atoms with Gasteiger partial charge in [-0.1, -0.05) is 41.4 Å². The van der Waals surface area contributed by atoms with Crippen molar-refractivity contribution in [2.75, 3.05) is 13.1 Å². The van der Waals surface area contributed by atoms with Crippen LogP contribution in [-0.4, -0.2) is 29.1 Å². The van der Waals surface area contributed by atoms with Crippen LogP contribution < -0.4 is 0 Å². The lowest BCUT2D eigenvalue weighted by molar-refractivity contribution is -0.152. The second kappa shape index (κ2) is 6.72. The van der Waals surface area contributed by atoms with Crippen molar-refractivity contribution in [3.63, 3.8) is 0 Å². The molecule has 0 aromatic heterocycles. The fourth-order valence-electron chi connectivity index (χ4n) is 3.04. The maximum Gasteiger partial charge on any atom is 0.309 e. The molecule has 1 heterocycles. The molecule has 110 valence electrons. The van der Waals surface area contributed by atoms with Gasteiger partial charge < -0.3 is 5.11 Å². The Hall–Kier alpha value is -0.870. The van der Waals surface area contributed by atoms with Crippen LogP contribution in [0.4, 0.5) is 0 Å². The molecule has 0 amide bonds. The van der Waals surface area contributed by atoms with Gasteiger partial charge in [0.15, 0.2) is 0 Å². The van der Waals surface area contributed by atoms with E-state index in [2.05, 4.69) is 52.0 Å². The van der Waals surface area contributed by atoms with Gasteiger partial charge in [0, 0.05) is 11.0 Å². The number of piperidine rings is 1. The first-order valence-corrected chi connectivity index (χ1v) is 8.05. The largest absolute Gasteiger partial charge is 0.481 e. The molecule has 20 heavy (non-hydrogen) atoms. The average molecular weight is 340 g/mol. The van der Waals surface area contributed by atoms with Gasteiger partial charge in [-0.15, -0.1) is 0 Å². The molecule has 0 radical (unpaired) electrons. The summed E-state index contributed by atoms with van der Waals surface area (Å²) in [6.45, 7) is 4.73. The Morgan fingerprint density at radius 2 is 1.90 bits per heavy atom. The summed E-state index contributed by atoms with van der Waals surface area (Å²) in [6.07, 6.45) is 3.28. The normalized spacial score (nSPS) is 18.9. The highest BCUT2D eigenvalue weighted by Crippen LogP contribution is 2.36. The lowest BCUT2D eigenvalue weighted by atomic mass is 9.75. The standard InChI is InChI=1S/C16H22BrNO2/c1-2-7-16(15(19)20)8-10-18(11-9-16)12-13-3-5-14(17)6-4-13/h3-6H,2,7-12H2,1H3,(H,19,20). The molecule has 1 saturated heterocycles. The van der Waals surface area contributed by atoms with Gasteiger partial charge in [0.25, 0.3) is 0 Å². The summed E-state index contributed by atoms with van der Waals surface area (Å²) in [4.78, 5) is 13.9. The zero-order valence-electron chi connectivity index (χ0n) is 11.9. The molecule has 0 saturated carbocycles. The summed E-state index contributed by atoms with van der Waals surface area (Å²) in [7, 11) is 0. The number of hydrogen-bond acceptors (Lipinski definition) is 2. The minimum Gasteiger partial charge on any atom is -0.481 e. The molecule has 2 rings (SSSR count). The molecule has 1 N–H and O–H groups in total. The van der Waals surface area contributed by atoms with E-state index in [0.29, 0.717) is 0 Å². The van der Waals surface area contributed by atoms with E-state index in [1.807, 2.05) is 0 Å². The third-order valence-corrected chi connectivity index (χ3v) is 4.84. The van der Waals surface area contributed by atoms with E-state index in [1.54, 1.807) is 0 Å². The molecule has 1 aliphatic heterocycles. The maximum atomic E-state index is 11.5. The van der Waals surface area contributed by atoms with Crippen molar-refractivity contribution in [2.45, 2.75) is 39.2 Å². The first-order chi connectivity index (χ1) is 9.55. The average Bonchev–Trinajstić information content (AvgIpc) is 2.44. The monoisotopic (exact) mass is 339 g/mol. The molecule has 1 aliphatic rings. The van der Waals surface area contributed by atoms with Crippen LogP contribution in [-0.2, 0) is 11.3 Å². The molecular weight excluding hydrogens is 318 g/mol. The van der Waals surface area contributed by atoms with E-state index >= 15 is 0 Å². The summed E-state index contributed by atoms with van der Waals surface area (Å²) < 4.78 is 1.09. The minimum atomic E-state index is -0.609. The van der Waals surface area contributed by atoms with Crippen LogP contribution in [0.15, 0.2) is 28.7 Å². The van der Waals surface area contributed by atoms with E-state index in [0.717, 1.165) is 49.8 Å². The van der Waals surface area contributed by atoms with E-state index in [9.17, 15) is 9.90 Å². The van der Waals surface area contributed by atoms with E-state index in [-0.39, 0.29) is 0 Å². The number of nitrogens with zero attached hydrogens (tertiary/aromatic N) is 1. The van der Waals surface area contributed by atoms with E-state index in [1.165, 1.54) is 5.56 Å². The Bertz CT molecular complexity index is 450. The number of hydrogen-bond donors (Lipinski definition) is 1. The number of rotatable bonds is 5. The number of benzene rings is 1. The Balaban J connectivity index is 1.93. The molecule has 0 atom stereocenters. The van der Waals surface area contributed by atoms with Crippen molar-refractivity contribution in [1.82, 2.24) is 4.90 Å². The van der Waals surface area contributed by atoms with Crippen molar-refractivity contribution in [3.8, 4) is 0 Å². The van der Waals surface area contributed by atoms with Crippen LogP contribution in [0.5, 0.6) is 0 Å². The molecule has 1 fully saturated rings. The van der Waals surface area contributed by atoms with Crippen molar-refractivity contribution < 1.29 is 9.90 Å². The first-order valence-electron chi connectivity index (χ1n) is 7.26. The van der Waals surface area contributed by atoms with Gasteiger partial charge in [0.1, 0.15) is 0 Å². The maximum absolute atomic E-state index is 11.5. The highest BCUT2D eigenvalue weighted by molar-refractivity contribution is 9.10. The van der Waals surface area contributed by atoms with Crippen LogP contribution in [0.25, 0.3) is 0 Å². The molecular formula is C16H22BrNO2. The second-order valence-electron chi connectivity index (χ2n) is 5.74. The summed E-state index contributed by atoms with van der Waals surface area (Å²) in [5, 5.41) is 9.50.